The van der Waals surface area contributed by atoms with Crippen LogP contribution in [-0.2, 0) is 27.3 Å². The van der Waals surface area contributed by atoms with Crippen molar-refractivity contribution >= 4 is 22.8 Å². The maximum Gasteiger partial charge on any atom is 0.410 e. The molecular weight excluding hydrogens is 378 g/mol. The lowest BCUT2D eigenvalue weighted by atomic mass is 10.0. The summed E-state index contributed by atoms with van der Waals surface area (Å²) in [7, 11) is 0. The van der Waals surface area contributed by atoms with E-state index in [9.17, 15) is 9.59 Å². The summed E-state index contributed by atoms with van der Waals surface area (Å²) in [5.74, 6) is -0.373. The Labute approximate surface area is 176 Å². The van der Waals surface area contributed by atoms with Gasteiger partial charge in [-0.15, -0.1) is 0 Å². The van der Waals surface area contributed by atoms with E-state index in [1.54, 1.807) is 0 Å². The minimum atomic E-state index is -0.571. The van der Waals surface area contributed by atoms with Gasteiger partial charge >= 0.3 is 12.1 Å². The van der Waals surface area contributed by atoms with Gasteiger partial charge in [0, 0.05) is 13.0 Å². The molecule has 1 saturated heterocycles. The van der Waals surface area contributed by atoms with Crippen molar-refractivity contribution < 1.29 is 19.1 Å². The van der Waals surface area contributed by atoms with Crippen LogP contribution in [0, 0.1) is 0 Å². The van der Waals surface area contributed by atoms with Gasteiger partial charge in [0.25, 0.3) is 0 Å². The van der Waals surface area contributed by atoms with Crippen molar-refractivity contribution in [3.8, 4) is 0 Å². The Hall–Kier alpha value is -3.34. The van der Waals surface area contributed by atoms with E-state index in [2.05, 4.69) is 24.3 Å². The van der Waals surface area contributed by atoms with Crippen molar-refractivity contribution in [2.75, 3.05) is 13.2 Å². The topological polar surface area (TPSA) is 55.8 Å². The van der Waals surface area contributed by atoms with Crippen LogP contribution in [0.3, 0.4) is 0 Å². The zero-order chi connectivity index (χ0) is 20.8. The van der Waals surface area contributed by atoms with E-state index in [1.807, 2.05) is 48.5 Å². The molecule has 0 saturated carbocycles. The minimum absolute atomic E-state index is 0.208. The monoisotopic (exact) mass is 403 g/mol. The van der Waals surface area contributed by atoms with Crippen LogP contribution >= 0.6 is 0 Å². The van der Waals surface area contributed by atoms with E-state index in [-0.39, 0.29) is 19.2 Å². The van der Waals surface area contributed by atoms with Gasteiger partial charge < -0.3 is 9.47 Å². The molecule has 4 rings (SSSR count). The van der Waals surface area contributed by atoms with Gasteiger partial charge in [-0.1, -0.05) is 72.8 Å². The van der Waals surface area contributed by atoms with E-state index in [4.69, 9.17) is 9.47 Å². The molecule has 0 spiro atoms. The van der Waals surface area contributed by atoms with E-state index >= 15 is 0 Å². The third-order valence-corrected chi connectivity index (χ3v) is 5.46. The average molecular weight is 403 g/mol. The molecule has 0 N–H and O–H groups in total. The zero-order valence-electron chi connectivity index (χ0n) is 16.8. The largest absolute Gasteiger partial charge is 0.459 e. The number of esters is 1. The molecule has 1 aliphatic heterocycles. The summed E-state index contributed by atoms with van der Waals surface area (Å²) < 4.78 is 10.9. The number of carbonyl (C=O) groups is 2. The van der Waals surface area contributed by atoms with Gasteiger partial charge in [0.2, 0.25) is 0 Å². The van der Waals surface area contributed by atoms with Crippen LogP contribution in [0.1, 0.15) is 24.0 Å². The first-order chi connectivity index (χ1) is 14.7. The number of amides is 1. The highest BCUT2D eigenvalue weighted by Crippen LogP contribution is 2.21. The quantitative estimate of drug-likeness (QED) is 0.559. The number of benzene rings is 3. The third-order valence-electron chi connectivity index (χ3n) is 5.46. The second-order valence-corrected chi connectivity index (χ2v) is 7.45. The molecule has 1 amide bonds. The Balaban J connectivity index is 1.30. The highest BCUT2D eigenvalue weighted by atomic mass is 16.6. The predicted octanol–water partition coefficient (Wildman–Crippen LogP) is 4.73. The molecule has 0 aliphatic carbocycles. The smallest absolute Gasteiger partial charge is 0.410 e. The molecule has 5 nitrogen and oxygen atoms in total. The Morgan fingerprint density at radius 2 is 1.67 bits per heavy atom. The van der Waals surface area contributed by atoms with Crippen LogP contribution in [-0.4, -0.2) is 36.2 Å². The van der Waals surface area contributed by atoms with Crippen LogP contribution in [0.5, 0.6) is 0 Å². The van der Waals surface area contributed by atoms with Gasteiger partial charge in [-0.25, -0.2) is 9.59 Å². The molecule has 1 aliphatic rings. The van der Waals surface area contributed by atoms with Crippen molar-refractivity contribution in [3.63, 3.8) is 0 Å². The molecule has 0 bridgehead atoms. The molecule has 3 aromatic rings. The van der Waals surface area contributed by atoms with E-state index in [0.29, 0.717) is 19.4 Å². The molecular formula is C25H25NO4. The molecule has 1 unspecified atom stereocenters. The van der Waals surface area contributed by atoms with Crippen LogP contribution in [0.4, 0.5) is 4.79 Å². The maximum absolute atomic E-state index is 12.6. The molecule has 0 aromatic heterocycles. The number of nitrogens with zero attached hydrogens (tertiary/aromatic N) is 1. The van der Waals surface area contributed by atoms with Gasteiger partial charge in [0.1, 0.15) is 12.6 Å². The van der Waals surface area contributed by atoms with Crippen LogP contribution in [0.2, 0.25) is 0 Å². The first-order valence-electron chi connectivity index (χ1n) is 10.3. The van der Waals surface area contributed by atoms with Crippen LogP contribution in [0.15, 0.2) is 72.8 Å². The number of likely N-dealkylation sites (tertiary alicyclic amines) is 1. The molecule has 0 radical (unpaired) electrons. The lowest BCUT2D eigenvalue weighted by molar-refractivity contribution is -0.149. The summed E-state index contributed by atoms with van der Waals surface area (Å²) in [5, 5.41) is 2.33. The molecule has 5 heteroatoms. The van der Waals surface area contributed by atoms with Gasteiger partial charge in [-0.05, 0) is 34.7 Å². The Kier molecular flexibility index (Phi) is 6.28. The summed E-state index contributed by atoms with van der Waals surface area (Å²) in [6.07, 6.45) is 1.55. The zero-order valence-corrected chi connectivity index (χ0v) is 16.8. The fourth-order valence-corrected chi connectivity index (χ4v) is 3.90. The van der Waals surface area contributed by atoms with Crippen LogP contribution < -0.4 is 0 Å². The lowest BCUT2D eigenvalue weighted by Crippen LogP contribution is -2.41. The second kappa shape index (κ2) is 9.44. The van der Waals surface area contributed by atoms with Crippen molar-refractivity contribution in [2.45, 2.75) is 31.9 Å². The Bertz CT molecular complexity index is 1010. The standard InChI is InChI=1S/C25H25NO4/c27-24(30-18-19-8-2-1-3-9-19)23-14-7-16-26(23)25(28)29-17-15-21-12-6-11-20-10-4-5-13-22(20)21/h1-6,8-13,23H,7,14-18H2. The normalized spacial score (nSPS) is 15.9. The summed E-state index contributed by atoms with van der Waals surface area (Å²) in [5.41, 5.74) is 2.06. The second-order valence-electron chi connectivity index (χ2n) is 7.45. The SMILES string of the molecule is O=C(OCc1ccccc1)C1CCCN1C(=O)OCCc1cccc2ccccc12. The van der Waals surface area contributed by atoms with Gasteiger partial charge in [-0.3, -0.25) is 4.90 Å². The maximum atomic E-state index is 12.6. The van der Waals surface area contributed by atoms with Crippen LogP contribution in [0.25, 0.3) is 10.8 Å². The van der Waals surface area contributed by atoms with Crippen molar-refractivity contribution in [2.24, 2.45) is 0 Å². The van der Waals surface area contributed by atoms with Crippen molar-refractivity contribution in [1.29, 1.82) is 0 Å². The summed E-state index contributed by atoms with van der Waals surface area (Å²) >= 11 is 0. The number of carbonyl (C=O) groups excluding carboxylic acids is 2. The van der Waals surface area contributed by atoms with Gasteiger partial charge in [0.05, 0.1) is 6.61 Å². The number of fused-ring (bicyclic) bond motifs is 1. The molecule has 154 valence electrons. The fourth-order valence-electron chi connectivity index (χ4n) is 3.90. The number of hydrogen-bond acceptors (Lipinski definition) is 4. The Morgan fingerprint density at radius 3 is 2.53 bits per heavy atom. The first kappa shape index (κ1) is 20.0. The molecule has 1 atom stereocenters. The first-order valence-corrected chi connectivity index (χ1v) is 10.3. The van der Waals surface area contributed by atoms with E-state index in [0.717, 1.165) is 17.5 Å². The molecule has 1 heterocycles. The number of hydrogen-bond donors (Lipinski definition) is 0. The summed E-state index contributed by atoms with van der Waals surface area (Å²) in [6, 6.07) is 23.3. The fraction of sp³-hybridized carbons (Fsp3) is 0.280. The average Bonchev–Trinajstić information content (AvgIpc) is 3.28. The minimum Gasteiger partial charge on any atom is -0.459 e. The predicted molar refractivity (Wildman–Crippen MR) is 115 cm³/mol. The highest BCUT2D eigenvalue weighted by Gasteiger charge is 2.36. The molecule has 3 aromatic carbocycles. The van der Waals surface area contributed by atoms with E-state index in [1.165, 1.54) is 15.7 Å². The van der Waals surface area contributed by atoms with Gasteiger partial charge in [-0.2, -0.15) is 0 Å². The Morgan fingerprint density at radius 1 is 0.900 bits per heavy atom. The molecule has 30 heavy (non-hydrogen) atoms. The number of rotatable bonds is 6. The number of ether oxygens (including phenoxy) is 2. The van der Waals surface area contributed by atoms with Crippen molar-refractivity contribution in [1.82, 2.24) is 4.90 Å². The van der Waals surface area contributed by atoms with E-state index < -0.39 is 12.1 Å². The lowest BCUT2D eigenvalue weighted by Gasteiger charge is -2.22. The van der Waals surface area contributed by atoms with Gasteiger partial charge in [0.15, 0.2) is 0 Å². The third kappa shape index (κ3) is 4.62. The summed E-state index contributed by atoms with van der Waals surface area (Å²) in [6.45, 7) is 0.994. The highest BCUT2D eigenvalue weighted by molar-refractivity contribution is 5.85. The summed E-state index contributed by atoms with van der Waals surface area (Å²) in [4.78, 5) is 26.6. The molecule has 1 fully saturated rings. The van der Waals surface area contributed by atoms with Crippen molar-refractivity contribution in [3.05, 3.63) is 83.9 Å².